The molecule has 108 valence electrons. The maximum atomic E-state index is 4.18. The highest BCUT2D eigenvalue weighted by atomic mass is 32.1. The predicted octanol–water partition coefficient (Wildman–Crippen LogP) is 3.16. The zero-order chi connectivity index (χ0) is 14.8. The lowest BCUT2D eigenvalue weighted by Gasteiger charge is -2.18. The van der Waals surface area contributed by atoms with E-state index >= 15 is 0 Å². The molecule has 6 heteroatoms. The summed E-state index contributed by atoms with van der Waals surface area (Å²) in [6.07, 6.45) is 8.89. The van der Waals surface area contributed by atoms with E-state index in [0.29, 0.717) is 0 Å². The minimum atomic E-state index is 0.146. The van der Waals surface area contributed by atoms with Gasteiger partial charge in [0.2, 0.25) is 0 Å². The zero-order valence-electron chi connectivity index (χ0n) is 11.6. The van der Waals surface area contributed by atoms with Gasteiger partial charge in [0, 0.05) is 17.3 Å². The SMILES string of the molecule is c1csc(C(c2ccc(-n3cncn3)cc2)n2ccnc2)c1. The zero-order valence-corrected chi connectivity index (χ0v) is 12.5. The van der Waals surface area contributed by atoms with E-state index in [0.717, 1.165) is 5.69 Å². The second-order valence-corrected chi connectivity index (χ2v) is 5.84. The van der Waals surface area contributed by atoms with E-state index in [9.17, 15) is 0 Å². The largest absolute Gasteiger partial charge is 0.325 e. The average Bonchev–Trinajstić information content (AvgIpc) is 3.32. The summed E-state index contributed by atoms with van der Waals surface area (Å²) in [7, 11) is 0. The van der Waals surface area contributed by atoms with Crippen LogP contribution in [0.25, 0.3) is 5.69 Å². The summed E-state index contributed by atoms with van der Waals surface area (Å²) >= 11 is 1.75. The third-order valence-corrected chi connectivity index (χ3v) is 4.45. The maximum absolute atomic E-state index is 4.18. The predicted molar refractivity (Wildman–Crippen MR) is 85.1 cm³/mol. The lowest BCUT2D eigenvalue weighted by atomic mass is 10.0. The van der Waals surface area contributed by atoms with E-state index in [1.165, 1.54) is 16.8 Å². The highest BCUT2D eigenvalue weighted by Gasteiger charge is 2.16. The molecule has 0 saturated carbocycles. The van der Waals surface area contributed by atoms with Gasteiger partial charge in [-0.2, -0.15) is 5.10 Å². The molecule has 0 bridgehead atoms. The molecule has 0 aliphatic rings. The van der Waals surface area contributed by atoms with Crippen molar-refractivity contribution in [3.8, 4) is 5.69 Å². The summed E-state index contributed by atoms with van der Waals surface area (Å²) in [4.78, 5) is 9.44. The van der Waals surface area contributed by atoms with Crippen LogP contribution >= 0.6 is 11.3 Å². The number of nitrogens with zero attached hydrogens (tertiary/aromatic N) is 5. The summed E-state index contributed by atoms with van der Waals surface area (Å²) in [6, 6.07) is 12.7. The third-order valence-electron chi connectivity index (χ3n) is 3.53. The van der Waals surface area contributed by atoms with E-state index in [1.807, 2.05) is 18.7 Å². The van der Waals surface area contributed by atoms with E-state index in [1.54, 1.807) is 22.3 Å². The topological polar surface area (TPSA) is 48.5 Å². The highest BCUT2D eigenvalue weighted by molar-refractivity contribution is 7.10. The van der Waals surface area contributed by atoms with Crippen molar-refractivity contribution >= 4 is 11.3 Å². The molecule has 0 aliphatic heterocycles. The molecule has 0 aliphatic carbocycles. The Labute approximate surface area is 131 Å². The van der Waals surface area contributed by atoms with Crippen molar-refractivity contribution in [2.75, 3.05) is 0 Å². The van der Waals surface area contributed by atoms with Gasteiger partial charge in [0.05, 0.1) is 18.1 Å². The first-order valence-electron chi connectivity index (χ1n) is 6.87. The fourth-order valence-electron chi connectivity index (χ4n) is 2.50. The summed E-state index contributed by atoms with van der Waals surface area (Å²) < 4.78 is 3.87. The van der Waals surface area contributed by atoms with Gasteiger partial charge in [0.15, 0.2) is 0 Å². The van der Waals surface area contributed by atoms with Gasteiger partial charge in [-0.05, 0) is 29.1 Å². The van der Waals surface area contributed by atoms with Crippen LogP contribution in [-0.2, 0) is 0 Å². The molecule has 0 amide bonds. The van der Waals surface area contributed by atoms with Crippen LogP contribution in [0.2, 0.25) is 0 Å². The Bertz CT molecular complexity index is 783. The fraction of sp³-hybridized carbons (Fsp3) is 0.0625. The molecule has 0 saturated heterocycles. The number of aromatic nitrogens is 5. The van der Waals surface area contributed by atoms with Crippen molar-refractivity contribution in [1.82, 2.24) is 24.3 Å². The van der Waals surface area contributed by atoms with Gasteiger partial charge in [-0.25, -0.2) is 14.6 Å². The average molecular weight is 307 g/mol. The molecule has 4 aromatic rings. The molecule has 5 nitrogen and oxygen atoms in total. The molecular weight excluding hydrogens is 294 g/mol. The Morgan fingerprint density at radius 2 is 1.91 bits per heavy atom. The van der Waals surface area contributed by atoms with Gasteiger partial charge >= 0.3 is 0 Å². The van der Waals surface area contributed by atoms with Gasteiger partial charge < -0.3 is 4.57 Å². The fourth-order valence-corrected chi connectivity index (χ4v) is 3.36. The smallest absolute Gasteiger partial charge is 0.138 e. The van der Waals surface area contributed by atoms with Crippen LogP contribution < -0.4 is 0 Å². The molecule has 3 aromatic heterocycles. The lowest BCUT2D eigenvalue weighted by molar-refractivity contribution is 0.687. The molecule has 0 spiro atoms. The lowest BCUT2D eigenvalue weighted by Crippen LogP contribution is -2.09. The molecule has 0 radical (unpaired) electrons. The quantitative estimate of drug-likeness (QED) is 0.582. The van der Waals surface area contributed by atoms with Gasteiger partial charge in [0.25, 0.3) is 0 Å². The first-order valence-corrected chi connectivity index (χ1v) is 7.75. The second kappa shape index (κ2) is 5.57. The summed E-state index contributed by atoms with van der Waals surface area (Å²) in [5.41, 5.74) is 2.21. The van der Waals surface area contributed by atoms with E-state index in [2.05, 4.69) is 61.4 Å². The Balaban J connectivity index is 1.74. The van der Waals surface area contributed by atoms with Gasteiger partial charge in [-0.3, -0.25) is 0 Å². The van der Waals surface area contributed by atoms with Crippen LogP contribution in [0.5, 0.6) is 0 Å². The van der Waals surface area contributed by atoms with E-state index in [-0.39, 0.29) is 6.04 Å². The minimum Gasteiger partial charge on any atom is -0.325 e. The summed E-state index contributed by atoms with van der Waals surface area (Å²) in [5, 5.41) is 6.25. The Morgan fingerprint density at radius 3 is 2.55 bits per heavy atom. The van der Waals surface area contributed by atoms with Crippen molar-refractivity contribution < 1.29 is 0 Å². The third kappa shape index (κ3) is 2.33. The monoisotopic (exact) mass is 307 g/mol. The highest BCUT2D eigenvalue weighted by Crippen LogP contribution is 2.30. The molecule has 22 heavy (non-hydrogen) atoms. The summed E-state index contributed by atoms with van der Waals surface area (Å²) in [5.74, 6) is 0. The van der Waals surface area contributed by atoms with Crippen LogP contribution in [0.1, 0.15) is 16.5 Å². The van der Waals surface area contributed by atoms with Crippen molar-refractivity contribution in [2.24, 2.45) is 0 Å². The Morgan fingerprint density at radius 1 is 1.00 bits per heavy atom. The van der Waals surface area contributed by atoms with E-state index in [4.69, 9.17) is 0 Å². The molecule has 1 unspecified atom stereocenters. The number of hydrogen-bond donors (Lipinski definition) is 0. The van der Waals surface area contributed by atoms with E-state index < -0.39 is 0 Å². The van der Waals surface area contributed by atoms with Crippen LogP contribution in [0.15, 0.2) is 73.2 Å². The number of rotatable bonds is 4. The Kier molecular flexibility index (Phi) is 3.29. The Hall–Kier alpha value is -2.73. The minimum absolute atomic E-state index is 0.146. The molecule has 4 rings (SSSR count). The van der Waals surface area contributed by atoms with Crippen LogP contribution in [-0.4, -0.2) is 24.3 Å². The molecule has 3 heterocycles. The van der Waals surface area contributed by atoms with Gasteiger partial charge in [-0.15, -0.1) is 11.3 Å². The van der Waals surface area contributed by atoms with Crippen LogP contribution in [0.4, 0.5) is 0 Å². The molecule has 0 N–H and O–H groups in total. The van der Waals surface area contributed by atoms with Gasteiger partial charge in [0.1, 0.15) is 12.7 Å². The molecular formula is C16H13N5S. The maximum Gasteiger partial charge on any atom is 0.138 e. The van der Waals surface area contributed by atoms with Gasteiger partial charge in [-0.1, -0.05) is 18.2 Å². The first-order chi connectivity index (χ1) is 10.9. The number of imidazole rings is 1. The first kappa shape index (κ1) is 13.0. The number of hydrogen-bond acceptors (Lipinski definition) is 4. The van der Waals surface area contributed by atoms with Crippen LogP contribution in [0.3, 0.4) is 0 Å². The number of benzene rings is 1. The molecule has 1 aromatic carbocycles. The van der Waals surface area contributed by atoms with Crippen molar-refractivity contribution in [3.63, 3.8) is 0 Å². The van der Waals surface area contributed by atoms with Crippen molar-refractivity contribution in [2.45, 2.75) is 6.04 Å². The van der Waals surface area contributed by atoms with Crippen LogP contribution in [0, 0.1) is 0 Å². The summed E-state index contributed by atoms with van der Waals surface area (Å²) in [6.45, 7) is 0. The van der Waals surface area contributed by atoms with Crippen molar-refractivity contribution in [1.29, 1.82) is 0 Å². The molecule has 0 fully saturated rings. The standard InChI is InChI=1S/C16H13N5S/c1-2-15(22-9-1)16(20-8-7-17-11-20)13-3-5-14(6-4-13)21-12-18-10-19-21/h1-12,16H. The van der Waals surface area contributed by atoms with Crippen molar-refractivity contribution in [3.05, 3.63) is 83.6 Å². The second-order valence-electron chi connectivity index (χ2n) is 4.86. The number of thiophene rings is 1. The molecule has 1 atom stereocenters. The normalized spacial score (nSPS) is 12.4.